The number of hydrogen-bond acceptors (Lipinski definition) is 4. The number of pyridine rings is 1. The average Bonchev–Trinajstić information content (AvgIpc) is 2.40. The van der Waals surface area contributed by atoms with Crippen molar-refractivity contribution in [2.75, 3.05) is 11.9 Å². The number of rotatable bonds is 4. The normalized spacial score (nSPS) is 10.3. The van der Waals surface area contributed by atoms with E-state index in [4.69, 9.17) is 23.2 Å². The fourth-order valence-electron chi connectivity index (χ4n) is 1.73. The predicted octanol–water partition coefficient (Wildman–Crippen LogP) is 3.93. The van der Waals surface area contributed by atoms with Gasteiger partial charge in [0.2, 0.25) is 0 Å². The first-order valence-electron chi connectivity index (χ1n) is 5.74. The van der Waals surface area contributed by atoms with Gasteiger partial charge in [-0.3, -0.25) is 10.1 Å². The monoisotopic (exact) mass is 311 g/mol. The summed E-state index contributed by atoms with van der Waals surface area (Å²) in [6.07, 6.45) is 0. The molecule has 104 valence electrons. The maximum atomic E-state index is 10.8. The first kappa shape index (κ1) is 14.6. The van der Waals surface area contributed by atoms with Gasteiger partial charge in [0.1, 0.15) is 11.0 Å². The Morgan fingerprint density at radius 2 is 2.00 bits per heavy atom. The summed E-state index contributed by atoms with van der Waals surface area (Å²) in [5, 5.41) is 11.5. The molecule has 0 saturated heterocycles. The van der Waals surface area contributed by atoms with E-state index in [1.54, 1.807) is 18.0 Å². The molecule has 0 aliphatic rings. The molecule has 0 aliphatic heterocycles. The van der Waals surface area contributed by atoms with Crippen LogP contribution in [0, 0.1) is 10.1 Å². The Morgan fingerprint density at radius 1 is 1.30 bits per heavy atom. The molecule has 0 amide bonds. The van der Waals surface area contributed by atoms with Gasteiger partial charge < -0.3 is 4.90 Å². The van der Waals surface area contributed by atoms with E-state index in [0.29, 0.717) is 17.4 Å². The van der Waals surface area contributed by atoms with Crippen LogP contribution in [0.2, 0.25) is 10.2 Å². The van der Waals surface area contributed by atoms with Gasteiger partial charge in [0.15, 0.2) is 0 Å². The average molecular weight is 312 g/mol. The molecule has 1 heterocycles. The third kappa shape index (κ3) is 3.37. The SMILES string of the molecule is CN(Cc1ccccc1Cl)c1cc([N+](=O)[O-])cc(Cl)n1. The fraction of sp³-hybridized carbons (Fsp3) is 0.154. The van der Waals surface area contributed by atoms with Crippen molar-refractivity contribution in [2.45, 2.75) is 6.54 Å². The summed E-state index contributed by atoms with van der Waals surface area (Å²) in [5.41, 5.74) is 0.812. The summed E-state index contributed by atoms with van der Waals surface area (Å²) in [6.45, 7) is 0.476. The highest BCUT2D eigenvalue weighted by Gasteiger charge is 2.13. The summed E-state index contributed by atoms with van der Waals surface area (Å²) in [7, 11) is 1.77. The lowest BCUT2D eigenvalue weighted by Gasteiger charge is -2.18. The van der Waals surface area contributed by atoms with Gasteiger partial charge in [0, 0.05) is 18.6 Å². The molecule has 7 heteroatoms. The molecule has 20 heavy (non-hydrogen) atoms. The second-order valence-electron chi connectivity index (χ2n) is 4.21. The van der Waals surface area contributed by atoms with E-state index >= 15 is 0 Å². The minimum absolute atomic E-state index is 0.0835. The van der Waals surface area contributed by atoms with Gasteiger partial charge in [-0.25, -0.2) is 4.98 Å². The quantitative estimate of drug-likeness (QED) is 0.487. The lowest BCUT2D eigenvalue weighted by Crippen LogP contribution is -2.18. The number of anilines is 1. The zero-order valence-electron chi connectivity index (χ0n) is 10.6. The van der Waals surface area contributed by atoms with Crippen molar-refractivity contribution in [3.05, 3.63) is 62.3 Å². The van der Waals surface area contributed by atoms with Crippen molar-refractivity contribution < 1.29 is 4.92 Å². The Balaban J connectivity index is 2.27. The molecule has 0 atom stereocenters. The Bertz CT molecular complexity index is 649. The van der Waals surface area contributed by atoms with Crippen molar-refractivity contribution >= 4 is 34.7 Å². The lowest BCUT2D eigenvalue weighted by molar-refractivity contribution is -0.384. The molecular formula is C13H11Cl2N3O2. The van der Waals surface area contributed by atoms with E-state index in [2.05, 4.69) is 4.98 Å². The third-order valence-electron chi connectivity index (χ3n) is 2.73. The summed E-state index contributed by atoms with van der Waals surface area (Å²) in [4.78, 5) is 16.2. The standard InChI is InChI=1S/C13H11Cl2N3O2/c1-17(8-9-4-2-3-5-11(9)14)13-7-10(18(19)20)6-12(15)16-13/h2-7H,8H2,1H3. The van der Waals surface area contributed by atoms with Gasteiger partial charge in [-0.15, -0.1) is 0 Å². The molecule has 0 spiro atoms. The molecule has 0 N–H and O–H groups in total. The Kier molecular flexibility index (Phi) is 4.42. The van der Waals surface area contributed by atoms with Gasteiger partial charge in [-0.1, -0.05) is 41.4 Å². The maximum Gasteiger partial charge on any atom is 0.276 e. The summed E-state index contributed by atoms with van der Waals surface area (Å²) in [6, 6.07) is 9.99. The van der Waals surface area contributed by atoms with Gasteiger partial charge in [0.25, 0.3) is 5.69 Å². The first-order chi connectivity index (χ1) is 9.47. The van der Waals surface area contributed by atoms with Crippen LogP contribution >= 0.6 is 23.2 Å². The molecule has 2 aromatic rings. The molecule has 0 unspecified atom stereocenters. The highest BCUT2D eigenvalue weighted by atomic mass is 35.5. The first-order valence-corrected chi connectivity index (χ1v) is 6.49. The molecule has 0 saturated carbocycles. The van der Waals surface area contributed by atoms with Gasteiger partial charge >= 0.3 is 0 Å². The highest BCUT2D eigenvalue weighted by Crippen LogP contribution is 2.25. The second kappa shape index (κ2) is 6.07. The van der Waals surface area contributed by atoms with Crippen LogP contribution in [0.25, 0.3) is 0 Å². The Hall–Kier alpha value is -1.85. The highest BCUT2D eigenvalue weighted by molar-refractivity contribution is 6.31. The predicted molar refractivity (Wildman–Crippen MR) is 79.5 cm³/mol. The molecule has 0 fully saturated rings. The van der Waals surface area contributed by atoms with E-state index in [-0.39, 0.29) is 10.8 Å². The molecule has 5 nitrogen and oxygen atoms in total. The van der Waals surface area contributed by atoms with E-state index in [1.165, 1.54) is 12.1 Å². The van der Waals surface area contributed by atoms with Crippen molar-refractivity contribution in [1.29, 1.82) is 0 Å². The van der Waals surface area contributed by atoms with Crippen molar-refractivity contribution in [3.63, 3.8) is 0 Å². The molecule has 0 radical (unpaired) electrons. The molecular weight excluding hydrogens is 301 g/mol. The topological polar surface area (TPSA) is 59.3 Å². The van der Waals surface area contributed by atoms with Crippen LogP contribution in [0.15, 0.2) is 36.4 Å². The maximum absolute atomic E-state index is 10.8. The zero-order chi connectivity index (χ0) is 14.7. The largest absolute Gasteiger partial charge is 0.355 e. The number of nitrogens with zero attached hydrogens (tertiary/aromatic N) is 3. The number of benzene rings is 1. The van der Waals surface area contributed by atoms with Crippen LogP contribution in [0.4, 0.5) is 11.5 Å². The number of nitro groups is 1. The van der Waals surface area contributed by atoms with Gasteiger partial charge in [-0.05, 0) is 11.6 Å². The van der Waals surface area contributed by atoms with E-state index in [1.807, 2.05) is 18.2 Å². The summed E-state index contributed by atoms with van der Waals surface area (Å²) in [5.74, 6) is 0.420. The van der Waals surface area contributed by atoms with Crippen LogP contribution in [0.3, 0.4) is 0 Å². The van der Waals surface area contributed by atoms with Crippen molar-refractivity contribution in [2.24, 2.45) is 0 Å². The third-order valence-corrected chi connectivity index (χ3v) is 3.29. The van der Waals surface area contributed by atoms with Crippen LogP contribution in [0.1, 0.15) is 5.56 Å². The fourth-order valence-corrected chi connectivity index (χ4v) is 2.13. The summed E-state index contributed by atoms with van der Waals surface area (Å²) >= 11 is 11.9. The number of hydrogen-bond donors (Lipinski definition) is 0. The zero-order valence-corrected chi connectivity index (χ0v) is 12.1. The molecule has 0 aliphatic carbocycles. The smallest absolute Gasteiger partial charge is 0.276 e. The number of halogens is 2. The number of aromatic nitrogens is 1. The van der Waals surface area contributed by atoms with E-state index in [0.717, 1.165) is 5.56 Å². The van der Waals surface area contributed by atoms with E-state index in [9.17, 15) is 10.1 Å². The van der Waals surface area contributed by atoms with Crippen LogP contribution in [0.5, 0.6) is 0 Å². The minimum Gasteiger partial charge on any atom is -0.355 e. The Morgan fingerprint density at radius 3 is 2.65 bits per heavy atom. The molecule has 1 aromatic heterocycles. The lowest BCUT2D eigenvalue weighted by atomic mass is 10.2. The minimum atomic E-state index is -0.500. The van der Waals surface area contributed by atoms with Crippen LogP contribution in [-0.4, -0.2) is 17.0 Å². The molecule has 0 bridgehead atoms. The van der Waals surface area contributed by atoms with Crippen LogP contribution in [-0.2, 0) is 6.54 Å². The second-order valence-corrected chi connectivity index (χ2v) is 5.01. The van der Waals surface area contributed by atoms with Crippen molar-refractivity contribution in [1.82, 2.24) is 4.98 Å². The summed E-state index contributed by atoms with van der Waals surface area (Å²) < 4.78 is 0. The Labute approximate surface area is 125 Å². The molecule has 2 rings (SSSR count). The van der Waals surface area contributed by atoms with Gasteiger partial charge in [0.05, 0.1) is 17.1 Å². The van der Waals surface area contributed by atoms with Crippen LogP contribution < -0.4 is 4.90 Å². The van der Waals surface area contributed by atoms with E-state index < -0.39 is 4.92 Å². The van der Waals surface area contributed by atoms with Crippen molar-refractivity contribution in [3.8, 4) is 0 Å². The molecule has 1 aromatic carbocycles. The van der Waals surface area contributed by atoms with Gasteiger partial charge in [-0.2, -0.15) is 0 Å².